The normalized spacial score (nSPS) is 24.5. The lowest BCUT2D eigenvalue weighted by Crippen LogP contribution is -2.46. The molecule has 2 saturated heterocycles. The number of likely N-dealkylation sites (tertiary alicyclic amines) is 2. The first kappa shape index (κ1) is 25.7. The van der Waals surface area contributed by atoms with Crippen LogP contribution in [0.3, 0.4) is 0 Å². The van der Waals surface area contributed by atoms with Crippen molar-refractivity contribution in [3.05, 3.63) is 0 Å². The molecular formula is C23H44IN5O. The van der Waals surface area contributed by atoms with Crippen molar-refractivity contribution < 1.29 is 4.79 Å². The van der Waals surface area contributed by atoms with Crippen molar-refractivity contribution in [3.8, 4) is 0 Å². The molecule has 1 atom stereocenters. The van der Waals surface area contributed by atoms with E-state index >= 15 is 0 Å². The average Bonchev–Trinajstić information content (AvgIpc) is 3.22. The van der Waals surface area contributed by atoms with Gasteiger partial charge in [0, 0.05) is 38.1 Å². The summed E-state index contributed by atoms with van der Waals surface area (Å²) in [6.45, 7) is 11.6. The molecule has 2 N–H and O–H groups in total. The molecule has 6 nitrogen and oxygen atoms in total. The Kier molecular flexibility index (Phi) is 11.8. The monoisotopic (exact) mass is 533 g/mol. The van der Waals surface area contributed by atoms with Gasteiger partial charge in [0.15, 0.2) is 5.96 Å². The van der Waals surface area contributed by atoms with Crippen LogP contribution in [0.1, 0.15) is 71.6 Å². The molecule has 0 bridgehead atoms. The summed E-state index contributed by atoms with van der Waals surface area (Å²) in [6.07, 6.45) is 10.7. The third-order valence-electron chi connectivity index (χ3n) is 6.89. The number of carbonyl (C=O) groups excluding carboxylic acids is 1. The number of rotatable bonds is 7. The molecule has 0 radical (unpaired) electrons. The van der Waals surface area contributed by atoms with Crippen molar-refractivity contribution in [1.82, 2.24) is 20.4 Å². The summed E-state index contributed by atoms with van der Waals surface area (Å²) < 4.78 is 0. The zero-order valence-corrected chi connectivity index (χ0v) is 21.5. The second-order valence-electron chi connectivity index (χ2n) is 9.25. The summed E-state index contributed by atoms with van der Waals surface area (Å²) in [5.74, 6) is 2.31. The number of piperidine rings is 1. The van der Waals surface area contributed by atoms with Crippen LogP contribution in [0.25, 0.3) is 0 Å². The van der Waals surface area contributed by atoms with Gasteiger partial charge in [-0.05, 0) is 71.0 Å². The van der Waals surface area contributed by atoms with Crippen molar-refractivity contribution >= 4 is 35.8 Å². The number of carbonyl (C=O) groups is 1. The van der Waals surface area contributed by atoms with Gasteiger partial charge >= 0.3 is 0 Å². The lowest BCUT2D eigenvalue weighted by Gasteiger charge is -2.31. The largest absolute Gasteiger partial charge is 0.357 e. The molecule has 30 heavy (non-hydrogen) atoms. The molecule has 1 unspecified atom stereocenters. The smallest absolute Gasteiger partial charge is 0.225 e. The van der Waals surface area contributed by atoms with Crippen LogP contribution in [-0.4, -0.2) is 73.5 Å². The van der Waals surface area contributed by atoms with Crippen LogP contribution in [-0.2, 0) is 4.79 Å². The molecule has 0 aromatic carbocycles. The van der Waals surface area contributed by atoms with E-state index in [1.807, 2.05) is 0 Å². The highest BCUT2D eigenvalue weighted by atomic mass is 127. The molecular weight excluding hydrogens is 489 g/mol. The number of aliphatic imine (C=N–C) groups is 1. The molecule has 1 saturated carbocycles. The lowest BCUT2D eigenvalue weighted by molar-refractivity contribution is -0.135. The van der Waals surface area contributed by atoms with E-state index in [4.69, 9.17) is 4.99 Å². The van der Waals surface area contributed by atoms with E-state index in [2.05, 4.69) is 34.3 Å². The second kappa shape index (κ2) is 13.8. The number of hydrogen-bond acceptors (Lipinski definition) is 3. The molecule has 1 amide bonds. The number of amides is 1. The minimum Gasteiger partial charge on any atom is -0.357 e. The van der Waals surface area contributed by atoms with Gasteiger partial charge in [-0.3, -0.25) is 9.79 Å². The minimum atomic E-state index is 0. The fraction of sp³-hybridized carbons (Fsp3) is 0.913. The Morgan fingerprint density at radius 2 is 1.73 bits per heavy atom. The average molecular weight is 534 g/mol. The van der Waals surface area contributed by atoms with E-state index in [-0.39, 0.29) is 29.9 Å². The third kappa shape index (κ3) is 7.84. The van der Waals surface area contributed by atoms with Crippen molar-refractivity contribution in [1.29, 1.82) is 0 Å². The fourth-order valence-electron chi connectivity index (χ4n) is 5.13. The van der Waals surface area contributed by atoms with E-state index in [1.165, 1.54) is 58.2 Å². The first-order valence-electron chi connectivity index (χ1n) is 12.3. The quantitative estimate of drug-likeness (QED) is 0.299. The van der Waals surface area contributed by atoms with Crippen molar-refractivity contribution in [2.75, 3.05) is 45.8 Å². The maximum Gasteiger partial charge on any atom is 0.225 e. The van der Waals surface area contributed by atoms with Crippen molar-refractivity contribution in [3.63, 3.8) is 0 Å². The summed E-state index contributed by atoms with van der Waals surface area (Å²) >= 11 is 0. The maximum absolute atomic E-state index is 12.8. The molecule has 0 spiro atoms. The molecule has 7 heteroatoms. The predicted octanol–water partition coefficient (Wildman–Crippen LogP) is 3.46. The van der Waals surface area contributed by atoms with Crippen molar-refractivity contribution in [2.45, 2.75) is 77.7 Å². The SMILES string of the molecule is CCCN1CCC(CN=C(NCC)NC2CCN(C(=O)C3CCCCC3)C2)CC1.I. The summed E-state index contributed by atoms with van der Waals surface area (Å²) in [6, 6.07) is 0.326. The molecule has 3 aliphatic rings. The van der Waals surface area contributed by atoms with Crippen molar-refractivity contribution in [2.24, 2.45) is 16.8 Å². The first-order valence-corrected chi connectivity index (χ1v) is 12.3. The van der Waals surface area contributed by atoms with Crippen LogP contribution in [0.15, 0.2) is 4.99 Å². The molecule has 174 valence electrons. The summed E-state index contributed by atoms with van der Waals surface area (Å²) in [7, 11) is 0. The Bertz CT molecular complexity index is 530. The van der Waals surface area contributed by atoms with Gasteiger partial charge in [-0.15, -0.1) is 24.0 Å². The fourth-order valence-corrected chi connectivity index (χ4v) is 5.13. The highest BCUT2D eigenvalue weighted by Crippen LogP contribution is 2.26. The summed E-state index contributed by atoms with van der Waals surface area (Å²) in [5, 5.41) is 7.02. The van der Waals surface area contributed by atoms with E-state index in [0.29, 0.717) is 17.9 Å². The van der Waals surface area contributed by atoms with E-state index in [1.54, 1.807) is 0 Å². The molecule has 3 rings (SSSR count). The lowest BCUT2D eigenvalue weighted by atomic mass is 9.88. The number of hydrogen-bond donors (Lipinski definition) is 2. The van der Waals surface area contributed by atoms with E-state index in [0.717, 1.165) is 51.4 Å². The highest BCUT2D eigenvalue weighted by molar-refractivity contribution is 14.0. The number of halogens is 1. The summed E-state index contributed by atoms with van der Waals surface area (Å²) in [4.78, 5) is 22.4. The van der Waals surface area contributed by atoms with Gasteiger partial charge in [0.25, 0.3) is 0 Å². The third-order valence-corrected chi connectivity index (χ3v) is 6.89. The van der Waals surface area contributed by atoms with Gasteiger partial charge in [-0.2, -0.15) is 0 Å². The van der Waals surface area contributed by atoms with Crippen LogP contribution < -0.4 is 10.6 Å². The molecule has 0 aromatic rings. The van der Waals surface area contributed by atoms with E-state index in [9.17, 15) is 4.79 Å². The predicted molar refractivity (Wildman–Crippen MR) is 136 cm³/mol. The topological polar surface area (TPSA) is 60.0 Å². The number of nitrogens with one attached hydrogen (secondary N) is 2. The summed E-state index contributed by atoms with van der Waals surface area (Å²) in [5.41, 5.74) is 0. The van der Waals surface area contributed by atoms with Gasteiger partial charge in [-0.25, -0.2) is 0 Å². The Hall–Kier alpha value is -0.570. The maximum atomic E-state index is 12.8. The zero-order valence-electron chi connectivity index (χ0n) is 19.2. The molecule has 1 aliphatic carbocycles. The van der Waals surface area contributed by atoms with Gasteiger partial charge in [0.2, 0.25) is 5.91 Å². The first-order chi connectivity index (χ1) is 14.2. The highest BCUT2D eigenvalue weighted by Gasteiger charge is 2.31. The Morgan fingerprint density at radius 3 is 2.40 bits per heavy atom. The van der Waals surface area contributed by atoms with Crippen LogP contribution in [0.2, 0.25) is 0 Å². The van der Waals surface area contributed by atoms with Crippen LogP contribution in [0.4, 0.5) is 0 Å². The van der Waals surface area contributed by atoms with Gasteiger partial charge in [0.1, 0.15) is 0 Å². The van der Waals surface area contributed by atoms with Gasteiger partial charge < -0.3 is 20.4 Å². The molecule has 2 aliphatic heterocycles. The molecule has 2 heterocycles. The number of nitrogens with zero attached hydrogens (tertiary/aromatic N) is 3. The molecule has 3 fully saturated rings. The van der Waals surface area contributed by atoms with Crippen LogP contribution in [0.5, 0.6) is 0 Å². The Balaban J connectivity index is 0.00000320. The van der Waals surface area contributed by atoms with Crippen LogP contribution in [0, 0.1) is 11.8 Å². The minimum absolute atomic E-state index is 0. The second-order valence-corrected chi connectivity index (χ2v) is 9.25. The molecule has 0 aromatic heterocycles. The van der Waals surface area contributed by atoms with Crippen LogP contribution >= 0.6 is 24.0 Å². The zero-order chi connectivity index (χ0) is 20.5. The standard InChI is InChI=1S/C23H43N5O.HI/c1-3-13-27-14-10-19(11-15-27)17-25-23(24-4-2)26-21-12-16-28(18-21)22(29)20-8-6-5-7-9-20;/h19-21H,3-18H2,1-2H3,(H2,24,25,26);1H. The van der Waals surface area contributed by atoms with Gasteiger partial charge in [-0.1, -0.05) is 26.2 Å². The Labute approximate surface area is 201 Å². The number of guanidine groups is 1. The van der Waals surface area contributed by atoms with E-state index < -0.39 is 0 Å². The van der Waals surface area contributed by atoms with Gasteiger partial charge in [0.05, 0.1) is 0 Å². The Morgan fingerprint density at radius 1 is 1.00 bits per heavy atom.